The third-order valence-corrected chi connectivity index (χ3v) is 3.83. The minimum Gasteiger partial charge on any atom is -0.493 e. The van der Waals surface area contributed by atoms with Crippen LogP contribution in [0.1, 0.15) is 29.2 Å². The molecule has 0 saturated carbocycles. The van der Waals surface area contributed by atoms with Gasteiger partial charge in [0.1, 0.15) is 11.6 Å². The Balaban J connectivity index is 1.73. The molecule has 0 radical (unpaired) electrons. The van der Waals surface area contributed by atoms with Crippen molar-refractivity contribution in [3.8, 4) is 5.75 Å². The first-order valence-electron chi connectivity index (χ1n) is 7.86. The lowest BCUT2D eigenvalue weighted by Gasteiger charge is -2.13. The first kappa shape index (κ1) is 17.9. The minimum atomic E-state index is -1.07. The lowest BCUT2D eigenvalue weighted by molar-refractivity contribution is -0.122. The maximum atomic E-state index is 13.5. The summed E-state index contributed by atoms with van der Waals surface area (Å²) in [5.41, 5.74) is 2.48. The summed E-state index contributed by atoms with van der Waals surface area (Å²) < 4.78 is 19.1. The Morgan fingerprint density at radius 2 is 1.96 bits per heavy atom. The van der Waals surface area contributed by atoms with Gasteiger partial charge in [-0.15, -0.1) is 0 Å². The first-order valence-corrected chi connectivity index (χ1v) is 7.86. The van der Waals surface area contributed by atoms with Crippen LogP contribution >= 0.6 is 0 Å². The summed E-state index contributed by atoms with van der Waals surface area (Å²) in [7, 11) is 0. The highest BCUT2D eigenvalue weighted by Crippen LogP contribution is 2.17. The van der Waals surface area contributed by atoms with Gasteiger partial charge in [-0.25, -0.2) is 4.39 Å². The van der Waals surface area contributed by atoms with Gasteiger partial charge in [-0.05, 0) is 43.2 Å². The maximum absolute atomic E-state index is 13.5. The number of ether oxygens (including phenoxy) is 1. The van der Waals surface area contributed by atoms with Gasteiger partial charge in [-0.1, -0.05) is 24.3 Å². The Kier molecular flexibility index (Phi) is 6.32. The molecular weight excluding hydrogens is 309 g/mol. The number of amides is 1. The molecule has 2 rings (SSSR count). The molecule has 0 aromatic heterocycles. The normalized spacial score (nSPS) is 11.8. The van der Waals surface area contributed by atoms with Crippen LogP contribution in [0, 0.1) is 19.7 Å². The van der Waals surface area contributed by atoms with Crippen molar-refractivity contribution in [2.24, 2.45) is 0 Å². The molecule has 2 aromatic carbocycles. The summed E-state index contributed by atoms with van der Waals surface area (Å²) in [6.07, 6.45) is -0.910. The topological polar surface area (TPSA) is 58.6 Å². The molecule has 4 nitrogen and oxygen atoms in total. The second-order valence-corrected chi connectivity index (χ2v) is 5.69. The van der Waals surface area contributed by atoms with Crippen LogP contribution in [0.15, 0.2) is 42.5 Å². The molecule has 24 heavy (non-hydrogen) atoms. The number of aliphatic hydroxyl groups is 1. The van der Waals surface area contributed by atoms with E-state index in [-0.39, 0.29) is 31.0 Å². The third kappa shape index (κ3) is 5.06. The van der Waals surface area contributed by atoms with E-state index in [9.17, 15) is 14.3 Å². The molecule has 0 aliphatic heterocycles. The van der Waals surface area contributed by atoms with Gasteiger partial charge >= 0.3 is 0 Å². The van der Waals surface area contributed by atoms with Gasteiger partial charge in [-0.2, -0.15) is 0 Å². The Labute approximate surface area is 141 Å². The molecule has 128 valence electrons. The zero-order valence-corrected chi connectivity index (χ0v) is 13.9. The van der Waals surface area contributed by atoms with Crippen LogP contribution < -0.4 is 10.1 Å². The SMILES string of the molecule is Cc1ccc(OCCC(=O)NCC(O)c2ccccc2F)cc1C. The number of aryl methyl sites for hydroxylation is 2. The van der Waals surface area contributed by atoms with Crippen LogP contribution in [-0.2, 0) is 4.79 Å². The summed E-state index contributed by atoms with van der Waals surface area (Å²) >= 11 is 0. The highest BCUT2D eigenvalue weighted by Gasteiger charge is 2.13. The Morgan fingerprint density at radius 3 is 2.67 bits per heavy atom. The molecule has 2 aromatic rings. The highest BCUT2D eigenvalue weighted by atomic mass is 19.1. The molecule has 0 heterocycles. The standard InChI is InChI=1S/C19H22FNO3/c1-13-7-8-15(11-14(13)2)24-10-9-19(23)21-12-18(22)16-5-3-4-6-17(16)20/h3-8,11,18,22H,9-10,12H2,1-2H3,(H,21,23). The molecule has 0 saturated heterocycles. The summed E-state index contributed by atoms with van der Waals surface area (Å²) in [4.78, 5) is 11.8. The van der Waals surface area contributed by atoms with Gasteiger partial charge in [0.2, 0.25) is 5.91 Å². The van der Waals surface area contributed by atoms with Crippen molar-refractivity contribution in [3.05, 3.63) is 65.0 Å². The molecule has 0 fully saturated rings. The quantitative estimate of drug-likeness (QED) is 0.820. The fourth-order valence-electron chi connectivity index (χ4n) is 2.22. The molecule has 0 spiro atoms. The highest BCUT2D eigenvalue weighted by molar-refractivity contribution is 5.76. The van der Waals surface area contributed by atoms with E-state index in [1.54, 1.807) is 12.1 Å². The van der Waals surface area contributed by atoms with Gasteiger partial charge in [-0.3, -0.25) is 4.79 Å². The molecule has 2 N–H and O–H groups in total. The number of carbonyl (C=O) groups is 1. The van der Waals surface area contributed by atoms with E-state index >= 15 is 0 Å². The Hall–Kier alpha value is -2.40. The monoisotopic (exact) mass is 331 g/mol. The first-order chi connectivity index (χ1) is 11.5. The molecule has 5 heteroatoms. The zero-order chi connectivity index (χ0) is 17.5. The molecule has 0 aliphatic rings. The lowest BCUT2D eigenvalue weighted by Crippen LogP contribution is -2.29. The van der Waals surface area contributed by atoms with E-state index in [4.69, 9.17) is 4.74 Å². The third-order valence-electron chi connectivity index (χ3n) is 3.83. The number of carbonyl (C=O) groups excluding carboxylic acids is 1. The molecular formula is C19H22FNO3. The van der Waals surface area contributed by atoms with Crippen LogP contribution in [0.4, 0.5) is 4.39 Å². The number of rotatable bonds is 7. The van der Waals surface area contributed by atoms with E-state index < -0.39 is 11.9 Å². The summed E-state index contributed by atoms with van der Waals surface area (Å²) in [5, 5.41) is 12.5. The summed E-state index contributed by atoms with van der Waals surface area (Å²) in [5.74, 6) is -0.0242. The van der Waals surface area contributed by atoms with Crippen molar-refractivity contribution in [2.75, 3.05) is 13.2 Å². The molecule has 1 amide bonds. The number of hydrogen-bond donors (Lipinski definition) is 2. The van der Waals surface area contributed by atoms with Crippen LogP contribution in [0.2, 0.25) is 0 Å². The van der Waals surface area contributed by atoms with E-state index in [1.165, 1.54) is 17.7 Å². The van der Waals surface area contributed by atoms with Crippen molar-refractivity contribution in [1.29, 1.82) is 0 Å². The number of halogens is 1. The fraction of sp³-hybridized carbons (Fsp3) is 0.316. The van der Waals surface area contributed by atoms with Crippen molar-refractivity contribution in [3.63, 3.8) is 0 Å². The predicted molar refractivity (Wildman–Crippen MR) is 90.4 cm³/mol. The molecule has 0 bridgehead atoms. The average molecular weight is 331 g/mol. The van der Waals surface area contributed by atoms with Crippen molar-refractivity contribution in [1.82, 2.24) is 5.32 Å². The van der Waals surface area contributed by atoms with Crippen LogP contribution in [0.25, 0.3) is 0 Å². The van der Waals surface area contributed by atoms with E-state index in [0.29, 0.717) is 0 Å². The van der Waals surface area contributed by atoms with Gasteiger partial charge < -0.3 is 15.2 Å². The maximum Gasteiger partial charge on any atom is 0.223 e. The minimum absolute atomic E-state index is 0.0383. The predicted octanol–water partition coefficient (Wildman–Crippen LogP) is 3.06. The second kappa shape index (κ2) is 8.45. The van der Waals surface area contributed by atoms with E-state index in [1.807, 2.05) is 32.0 Å². The fourth-order valence-corrected chi connectivity index (χ4v) is 2.22. The van der Waals surface area contributed by atoms with Crippen LogP contribution in [0.5, 0.6) is 5.75 Å². The number of benzene rings is 2. The van der Waals surface area contributed by atoms with Gasteiger partial charge in [0.05, 0.1) is 19.1 Å². The second-order valence-electron chi connectivity index (χ2n) is 5.69. The van der Waals surface area contributed by atoms with Crippen molar-refractivity contribution < 1.29 is 19.0 Å². The average Bonchev–Trinajstić information content (AvgIpc) is 2.56. The van der Waals surface area contributed by atoms with E-state index in [2.05, 4.69) is 5.32 Å². The van der Waals surface area contributed by atoms with Crippen LogP contribution in [-0.4, -0.2) is 24.2 Å². The van der Waals surface area contributed by atoms with Crippen molar-refractivity contribution in [2.45, 2.75) is 26.4 Å². The Morgan fingerprint density at radius 1 is 1.21 bits per heavy atom. The molecule has 0 aliphatic carbocycles. The van der Waals surface area contributed by atoms with Gasteiger partial charge in [0, 0.05) is 12.1 Å². The Bertz CT molecular complexity index is 703. The molecule has 1 unspecified atom stereocenters. The summed E-state index contributed by atoms with van der Waals surface area (Å²) in [6, 6.07) is 11.7. The number of hydrogen-bond acceptors (Lipinski definition) is 3. The molecule has 1 atom stereocenters. The van der Waals surface area contributed by atoms with Crippen molar-refractivity contribution >= 4 is 5.91 Å². The van der Waals surface area contributed by atoms with Crippen LogP contribution in [0.3, 0.4) is 0 Å². The number of nitrogens with one attached hydrogen (secondary N) is 1. The van der Waals surface area contributed by atoms with E-state index in [0.717, 1.165) is 11.3 Å². The van der Waals surface area contributed by atoms with Gasteiger partial charge in [0.15, 0.2) is 0 Å². The zero-order valence-electron chi connectivity index (χ0n) is 13.9. The van der Waals surface area contributed by atoms with Gasteiger partial charge in [0.25, 0.3) is 0 Å². The summed E-state index contributed by atoms with van der Waals surface area (Å²) in [6.45, 7) is 4.22. The lowest BCUT2D eigenvalue weighted by atomic mass is 10.1. The largest absolute Gasteiger partial charge is 0.493 e. The smallest absolute Gasteiger partial charge is 0.223 e. The number of aliphatic hydroxyl groups excluding tert-OH is 1.